The highest BCUT2D eigenvalue weighted by Crippen LogP contribution is 2.30. The number of nitrogens with two attached hydrogens (primary N) is 1. The molecule has 3 aromatic rings. The number of aromatic amines is 1. The van der Waals surface area contributed by atoms with E-state index in [1.165, 1.54) is 22.2 Å². The molecular weight excluding hydrogens is 360 g/mol. The van der Waals surface area contributed by atoms with Crippen LogP contribution in [0.5, 0.6) is 0 Å². The number of H-pyrrole nitrogens is 1. The number of para-hydroxylation sites is 1. The van der Waals surface area contributed by atoms with E-state index in [0.717, 1.165) is 24.9 Å². The number of hydrogen-bond acceptors (Lipinski definition) is 2. The number of nitrogens with zero attached hydrogens (tertiary/aromatic N) is 1. The summed E-state index contributed by atoms with van der Waals surface area (Å²) in [5.41, 5.74) is 4.89. The molecule has 1 saturated carbocycles. The first kappa shape index (κ1) is 19.5. The van der Waals surface area contributed by atoms with Crippen molar-refractivity contribution in [3.05, 3.63) is 65.9 Å². The average Bonchev–Trinajstić information content (AvgIpc) is 3.45. The maximum absolute atomic E-state index is 12.4. The molecule has 5 nitrogen and oxygen atoms in total. The Morgan fingerprint density at radius 2 is 1.90 bits per heavy atom. The van der Waals surface area contributed by atoms with Crippen molar-refractivity contribution >= 4 is 22.5 Å². The Labute approximate surface area is 172 Å². The Kier molecular flexibility index (Phi) is 5.58. The van der Waals surface area contributed by atoms with Crippen molar-refractivity contribution in [3.63, 3.8) is 0 Å². The lowest BCUT2D eigenvalue weighted by Gasteiger charge is -2.20. The summed E-state index contributed by atoms with van der Waals surface area (Å²) >= 11 is 0. The molecule has 2 atom stereocenters. The van der Waals surface area contributed by atoms with Gasteiger partial charge in [0, 0.05) is 42.9 Å². The van der Waals surface area contributed by atoms with E-state index in [9.17, 15) is 4.79 Å². The van der Waals surface area contributed by atoms with Crippen molar-refractivity contribution in [1.29, 1.82) is 0 Å². The maximum Gasteiger partial charge on any atom is 0.278 e. The minimum atomic E-state index is -0.0932. The third kappa shape index (κ3) is 4.46. The summed E-state index contributed by atoms with van der Waals surface area (Å²) in [5.74, 6) is 0.353. The van der Waals surface area contributed by atoms with Gasteiger partial charge in [0.2, 0.25) is 0 Å². The Hall–Kier alpha value is -2.79. The van der Waals surface area contributed by atoms with Gasteiger partial charge in [0.1, 0.15) is 0 Å². The van der Waals surface area contributed by atoms with Gasteiger partial charge in [-0.3, -0.25) is 4.79 Å². The highest BCUT2D eigenvalue weighted by Gasteiger charge is 2.28. The first-order chi connectivity index (χ1) is 14.0. The lowest BCUT2D eigenvalue weighted by atomic mass is 9.90. The summed E-state index contributed by atoms with van der Waals surface area (Å²) in [5, 5.41) is 6.54. The van der Waals surface area contributed by atoms with Crippen LogP contribution >= 0.6 is 0 Å². The first-order valence-electron chi connectivity index (χ1n) is 10.5. The number of aromatic nitrogens is 1. The SMILES string of the molecule is C[C@H]([NH2+]C[C@@H](c1ccc(N(C)C)cc1)c1c[nH]c2ccccc12)C(=O)NC1CC1. The van der Waals surface area contributed by atoms with Crippen molar-refractivity contribution in [2.24, 2.45) is 0 Å². The molecule has 0 aliphatic heterocycles. The largest absolute Gasteiger partial charge is 0.378 e. The number of nitrogens with one attached hydrogen (secondary N) is 2. The lowest BCUT2D eigenvalue weighted by Crippen LogP contribution is -2.92. The Morgan fingerprint density at radius 1 is 1.17 bits per heavy atom. The molecule has 4 N–H and O–H groups in total. The third-order valence-corrected chi connectivity index (χ3v) is 5.87. The topological polar surface area (TPSA) is 64.7 Å². The fourth-order valence-electron chi connectivity index (χ4n) is 3.84. The molecule has 1 fully saturated rings. The minimum absolute atomic E-state index is 0.0932. The van der Waals surface area contributed by atoms with Gasteiger partial charge in [-0.15, -0.1) is 0 Å². The number of rotatable bonds is 8. The van der Waals surface area contributed by atoms with Crippen molar-refractivity contribution in [2.45, 2.75) is 37.8 Å². The van der Waals surface area contributed by atoms with Crippen molar-refractivity contribution in [1.82, 2.24) is 10.3 Å². The normalized spacial score (nSPS) is 15.8. The predicted octanol–water partition coefficient (Wildman–Crippen LogP) is 2.60. The molecule has 2 aromatic carbocycles. The smallest absolute Gasteiger partial charge is 0.278 e. The van der Waals surface area contributed by atoms with Crippen LogP contribution in [-0.2, 0) is 4.79 Å². The van der Waals surface area contributed by atoms with Crippen LogP contribution in [0.4, 0.5) is 5.69 Å². The number of hydrogen-bond donors (Lipinski definition) is 3. The molecule has 4 rings (SSSR count). The van der Waals surface area contributed by atoms with Gasteiger partial charge in [-0.2, -0.15) is 0 Å². The molecule has 1 heterocycles. The first-order valence-corrected chi connectivity index (χ1v) is 10.5. The number of fused-ring (bicyclic) bond motifs is 1. The van der Waals surface area contributed by atoms with E-state index in [4.69, 9.17) is 0 Å². The van der Waals surface area contributed by atoms with Gasteiger partial charge in [-0.1, -0.05) is 30.3 Å². The van der Waals surface area contributed by atoms with Gasteiger partial charge in [-0.25, -0.2) is 0 Å². The average molecular weight is 392 g/mol. The predicted molar refractivity (Wildman–Crippen MR) is 118 cm³/mol. The number of amides is 1. The van der Waals surface area contributed by atoms with Crippen LogP contribution in [0.2, 0.25) is 0 Å². The molecule has 5 heteroatoms. The summed E-state index contributed by atoms with van der Waals surface area (Å²) in [6.45, 7) is 2.82. The quantitative estimate of drug-likeness (QED) is 0.553. The molecule has 152 valence electrons. The highest BCUT2D eigenvalue weighted by atomic mass is 16.2. The second kappa shape index (κ2) is 8.29. The molecule has 29 heavy (non-hydrogen) atoms. The van der Waals surface area contributed by atoms with Crippen LogP contribution in [0.3, 0.4) is 0 Å². The second-order valence-electron chi connectivity index (χ2n) is 8.37. The zero-order valence-electron chi connectivity index (χ0n) is 17.5. The van der Waals surface area contributed by atoms with Crippen LogP contribution in [0.25, 0.3) is 10.9 Å². The molecule has 0 spiro atoms. The summed E-state index contributed by atoms with van der Waals surface area (Å²) in [7, 11) is 4.11. The van der Waals surface area contributed by atoms with Gasteiger partial charge < -0.3 is 20.5 Å². The Bertz CT molecular complexity index is 972. The van der Waals surface area contributed by atoms with Crippen LogP contribution < -0.4 is 15.5 Å². The zero-order valence-corrected chi connectivity index (χ0v) is 17.5. The molecule has 1 amide bonds. The molecule has 1 aromatic heterocycles. The fourth-order valence-corrected chi connectivity index (χ4v) is 3.84. The molecule has 0 radical (unpaired) electrons. The van der Waals surface area contributed by atoms with E-state index in [1.807, 2.05) is 6.92 Å². The van der Waals surface area contributed by atoms with E-state index >= 15 is 0 Å². The van der Waals surface area contributed by atoms with Gasteiger partial charge in [0.15, 0.2) is 6.04 Å². The van der Waals surface area contributed by atoms with Gasteiger partial charge in [-0.05, 0) is 49.1 Å². The number of quaternary nitrogens is 1. The molecule has 0 bridgehead atoms. The standard InChI is InChI=1S/C24H30N4O/c1-16(24(29)27-18-10-11-18)25-14-21(17-8-12-19(13-9-17)28(2)3)22-15-26-23-7-5-4-6-20(22)23/h4-9,12-13,15-16,18,21,25-26H,10-11,14H2,1-3H3,(H,27,29)/p+1/t16-,21-/m0/s1. The van der Waals surface area contributed by atoms with Crippen LogP contribution in [-0.4, -0.2) is 43.6 Å². The van der Waals surface area contributed by atoms with Crippen molar-refractivity contribution in [2.75, 3.05) is 25.5 Å². The van der Waals surface area contributed by atoms with Gasteiger partial charge in [0.25, 0.3) is 5.91 Å². The molecule has 0 unspecified atom stereocenters. The van der Waals surface area contributed by atoms with Crippen LogP contribution in [0, 0.1) is 0 Å². The Morgan fingerprint density at radius 3 is 2.59 bits per heavy atom. The van der Waals surface area contributed by atoms with Gasteiger partial charge in [0.05, 0.1) is 12.5 Å². The third-order valence-electron chi connectivity index (χ3n) is 5.87. The Balaban J connectivity index is 1.59. The zero-order chi connectivity index (χ0) is 20.4. The van der Waals surface area contributed by atoms with Crippen LogP contribution in [0.15, 0.2) is 54.7 Å². The minimum Gasteiger partial charge on any atom is -0.378 e. The fraction of sp³-hybridized carbons (Fsp3) is 0.375. The summed E-state index contributed by atoms with van der Waals surface area (Å²) in [4.78, 5) is 17.9. The molecular formula is C24H31N4O+. The van der Waals surface area contributed by atoms with Crippen molar-refractivity contribution in [3.8, 4) is 0 Å². The van der Waals surface area contributed by atoms with Crippen molar-refractivity contribution < 1.29 is 10.1 Å². The second-order valence-corrected chi connectivity index (χ2v) is 8.37. The van der Waals surface area contributed by atoms with Gasteiger partial charge >= 0.3 is 0 Å². The molecule has 1 aliphatic rings. The lowest BCUT2D eigenvalue weighted by molar-refractivity contribution is -0.674. The summed E-state index contributed by atoms with van der Waals surface area (Å²) < 4.78 is 0. The molecule has 1 aliphatic carbocycles. The van der Waals surface area contributed by atoms with E-state index in [0.29, 0.717) is 6.04 Å². The summed E-state index contributed by atoms with van der Waals surface area (Å²) in [6.07, 6.45) is 4.36. The number of carbonyl (C=O) groups excluding carboxylic acids is 1. The summed E-state index contributed by atoms with van der Waals surface area (Å²) in [6, 6.07) is 17.5. The van der Waals surface area contributed by atoms with E-state index in [-0.39, 0.29) is 17.9 Å². The van der Waals surface area contributed by atoms with E-state index in [2.05, 4.69) is 89.3 Å². The monoisotopic (exact) mass is 391 g/mol. The van der Waals surface area contributed by atoms with E-state index < -0.39 is 0 Å². The highest BCUT2D eigenvalue weighted by molar-refractivity contribution is 5.84. The molecule has 0 saturated heterocycles. The number of carbonyl (C=O) groups is 1. The van der Waals surface area contributed by atoms with E-state index in [1.54, 1.807) is 0 Å². The maximum atomic E-state index is 12.4. The number of benzene rings is 2. The number of anilines is 1. The van der Waals surface area contributed by atoms with Crippen LogP contribution in [0.1, 0.15) is 36.8 Å².